The fraction of sp³-hybridized carbons (Fsp3) is 0.100. The van der Waals surface area contributed by atoms with Crippen molar-refractivity contribution >= 4 is 56.3 Å². The number of rotatable bonds is 5. The van der Waals surface area contributed by atoms with E-state index < -0.39 is 17.8 Å². The van der Waals surface area contributed by atoms with Crippen molar-refractivity contribution in [1.29, 1.82) is 0 Å². The van der Waals surface area contributed by atoms with Gasteiger partial charge in [0.1, 0.15) is 5.57 Å². The number of anilines is 1. The summed E-state index contributed by atoms with van der Waals surface area (Å²) in [5, 5.41) is 4.25. The third-order valence-corrected chi connectivity index (χ3v) is 7.17. The number of hydrogen-bond acceptors (Lipinski definition) is 3. The van der Waals surface area contributed by atoms with Crippen LogP contribution in [0.2, 0.25) is 0 Å². The number of nitrogens with zero attached hydrogens (tertiary/aromatic N) is 1. The van der Waals surface area contributed by atoms with Gasteiger partial charge in [0.25, 0.3) is 11.8 Å². The van der Waals surface area contributed by atoms with Gasteiger partial charge < -0.3 is 0 Å². The maximum Gasteiger partial charge on any atom is 0.335 e. The fourth-order valence-electron chi connectivity index (χ4n) is 4.43. The number of benzene rings is 4. The summed E-state index contributed by atoms with van der Waals surface area (Å²) in [5.74, 6) is -1.35. The molecule has 1 aliphatic heterocycles. The van der Waals surface area contributed by atoms with Crippen molar-refractivity contribution in [2.24, 2.45) is 0 Å². The van der Waals surface area contributed by atoms with Crippen LogP contribution in [0, 0.1) is 0 Å². The van der Waals surface area contributed by atoms with Crippen molar-refractivity contribution in [3.05, 3.63) is 117 Å². The molecule has 0 bridgehead atoms. The smallest absolute Gasteiger partial charge is 0.273 e. The number of carbonyl (C=O) groups is 3. The number of urea groups is 1. The summed E-state index contributed by atoms with van der Waals surface area (Å²) < 4.78 is 0.982. The minimum absolute atomic E-state index is 0.0844. The van der Waals surface area contributed by atoms with E-state index in [1.54, 1.807) is 18.2 Å². The van der Waals surface area contributed by atoms with E-state index in [0.717, 1.165) is 48.8 Å². The minimum atomic E-state index is -0.752. The summed E-state index contributed by atoms with van der Waals surface area (Å²) in [4.78, 5) is 40.1. The highest BCUT2D eigenvalue weighted by atomic mass is 79.9. The molecule has 5 rings (SSSR count). The van der Waals surface area contributed by atoms with E-state index >= 15 is 0 Å². The maximum absolute atomic E-state index is 13.5. The lowest BCUT2D eigenvalue weighted by atomic mass is 9.92. The summed E-state index contributed by atoms with van der Waals surface area (Å²) >= 11 is 3.62. The molecule has 36 heavy (non-hydrogen) atoms. The average Bonchev–Trinajstić information content (AvgIpc) is 2.89. The molecule has 1 fully saturated rings. The van der Waals surface area contributed by atoms with E-state index in [2.05, 4.69) is 21.2 Å². The summed E-state index contributed by atoms with van der Waals surface area (Å²) in [5.41, 5.74) is 4.24. The van der Waals surface area contributed by atoms with Crippen molar-refractivity contribution in [1.82, 2.24) is 5.32 Å². The molecule has 6 heteroatoms. The van der Waals surface area contributed by atoms with Crippen LogP contribution in [0.15, 0.2) is 95.0 Å². The number of carbonyl (C=O) groups excluding carboxylic acids is 3. The average molecular weight is 539 g/mol. The Hall–Kier alpha value is -4.03. The molecule has 4 amide bonds. The second-order valence-corrected chi connectivity index (χ2v) is 9.46. The molecular weight excluding hydrogens is 516 g/mol. The molecule has 1 heterocycles. The SMILES string of the molecule is CCc1ccc(N2C(=O)NC(=O)/C(=C\c3c(Cc4ccccc4Br)ccc4ccccc34)C2=O)cc1. The highest BCUT2D eigenvalue weighted by Gasteiger charge is 2.37. The van der Waals surface area contributed by atoms with Crippen molar-refractivity contribution in [2.75, 3.05) is 4.90 Å². The number of halogens is 1. The van der Waals surface area contributed by atoms with Gasteiger partial charge in [0, 0.05) is 4.47 Å². The molecule has 0 spiro atoms. The topological polar surface area (TPSA) is 66.5 Å². The number of barbiturate groups is 1. The second kappa shape index (κ2) is 9.91. The van der Waals surface area contributed by atoms with Gasteiger partial charge in [-0.05, 0) is 70.1 Å². The van der Waals surface area contributed by atoms with Crippen LogP contribution in [-0.2, 0) is 22.4 Å². The normalized spacial score (nSPS) is 15.0. The third-order valence-electron chi connectivity index (χ3n) is 6.39. The number of fused-ring (bicyclic) bond motifs is 1. The van der Waals surface area contributed by atoms with Gasteiger partial charge in [0.05, 0.1) is 5.69 Å². The van der Waals surface area contributed by atoms with Crippen molar-refractivity contribution in [3.63, 3.8) is 0 Å². The van der Waals surface area contributed by atoms with E-state index in [4.69, 9.17) is 0 Å². The molecule has 0 unspecified atom stereocenters. The highest BCUT2D eigenvalue weighted by molar-refractivity contribution is 9.10. The number of hydrogen-bond donors (Lipinski definition) is 1. The van der Waals surface area contributed by atoms with Gasteiger partial charge in [-0.25, -0.2) is 9.69 Å². The van der Waals surface area contributed by atoms with Crippen LogP contribution in [0.5, 0.6) is 0 Å². The second-order valence-electron chi connectivity index (χ2n) is 8.61. The first-order valence-electron chi connectivity index (χ1n) is 11.7. The fourth-order valence-corrected chi connectivity index (χ4v) is 4.85. The van der Waals surface area contributed by atoms with Crippen molar-refractivity contribution in [3.8, 4) is 0 Å². The van der Waals surface area contributed by atoms with Crippen LogP contribution >= 0.6 is 15.9 Å². The molecular formula is C30H23BrN2O3. The van der Waals surface area contributed by atoms with E-state index in [0.29, 0.717) is 12.1 Å². The molecule has 0 aliphatic carbocycles. The Labute approximate surface area is 217 Å². The summed E-state index contributed by atoms with van der Waals surface area (Å²) in [6.07, 6.45) is 3.06. The standard InChI is InChI=1S/C30H23BrN2O3/c1-2-19-11-15-23(16-12-19)33-29(35)26(28(34)32-30(33)36)18-25-21(17-22-8-4-6-10-27(22)31)14-13-20-7-3-5-9-24(20)25/h3-16,18H,2,17H2,1H3,(H,32,34,36)/b26-18+. The van der Waals surface area contributed by atoms with Crippen molar-refractivity contribution in [2.45, 2.75) is 19.8 Å². The Morgan fingerprint density at radius 1 is 0.833 bits per heavy atom. The molecule has 4 aromatic rings. The first kappa shape index (κ1) is 23.7. The van der Waals surface area contributed by atoms with Gasteiger partial charge in [-0.15, -0.1) is 0 Å². The van der Waals surface area contributed by atoms with Gasteiger partial charge >= 0.3 is 6.03 Å². The predicted octanol–water partition coefficient (Wildman–Crippen LogP) is 6.42. The lowest BCUT2D eigenvalue weighted by molar-refractivity contribution is -0.122. The van der Waals surface area contributed by atoms with Crippen LogP contribution in [0.3, 0.4) is 0 Å². The number of nitrogens with one attached hydrogen (secondary N) is 1. The minimum Gasteiger partial charge on any atom is -0.273 e. The lowest BCUT2D eigenvalue weighted by Crippen LogP contribution is -2.54. The molecule has 0 atom stereocenters. The van der Waals surface area contributed by atoms with Crippen LogP contribution < -0.4 is 10.2 Å². The molecule has 0 saturated carbocycles. The Bertz CT molecular complexity index is 1540. The Kier molecular flexibility index (Phi) is 6.53. The largest absolute Gasteiger partial charge is 0.335 e. The molecule has 5 nitrogen and oxygen atoms in total. The van der Waals surface area contributed by atoms with E-state index in [-0.39, 0.29) is 5.57 Å². The number of aryl methyl sites for hydroxylation is 1. The van der Waals surface area contributed by atoms with Gasteiger partial charge in [-0.2, -0.15) is 0 Å². The van der Waals surface area contributed by atoms with Gasteiger partial charge in [-0.3, -0.25) is 14.9 Å². The maximum atomic E-state index is 13.5. The van der Waals surface area contributed by atoms with Crippen LogP contribution in [0.4, 0.5) is 10.5 Å². The molecule has 0 radical (unpaired) electrons. The Morgan fingerprint density at radius 3 is 2.31 bits per heavy atom. The van der Waals surface area contributed by atoms with Crippen LogP contribution in [0.25, 0.3) is 16.8 Å². The lowest BCUT2D eigenvalue weighted by Gasteiger charge is -2.26. The number of imide groups is 2. The van der Waals surface area contributed by atoms with Gasteiger partial charge in [0.15, 0.2) is 0 Å². The zero-order valence-corrected chi connectivity index (χ0v) is 21.2. The monoisotopic (exact) mass is 538 g/mol. The molecule has 1 N–H and O–H groups in total. The molecule has 1 saturated heterocycles. The van der Waals surface area contributed by atoms with E-state index in [1.807, 2.05) is 79.7 Å². The zero-order chi connectivity index (χ0) is 25.2. The van der Waals surface area contributed by atoms with Crippen molar-refractivity contribution < 1.29 is 14.4 Å². The first-order chi connectivity index (χ1) is 17.5. The number of amides is 4. The summed E-state index contributed by atoms with van der Waals surface area (Å²) in [6.45, 7) is 2.03. The molecule has 1 aliphatic rings. The summed E-state index contributed by atoms with van der Waals surface area (Å²) in [6, 6.07) is 26.3. The predicted molar refractivity (Wildman–Crippen MR) is 146 cm³/mol. The van der Waals surface area contributed by atoms with E-state index in [1.165, 1.54) is 0 Å². The Morgan fingerprint density at radius 2 is 1.56 bits per heavy atom. The van der Waals surface area contributed by atoms with Crippen LogP contribution in [0.1, 0.15) is 29.2 Å². The quantitative estimate of drug-likeness (QED) is 0.235. The van der Waals surface area contributed by atoms with Gasteiger partial charge in [-0.1, -0.05) is 89.6 Å². The molecule has 178 valence electrons. The van der Waals surface area contributed by atoms with E-state index in [9.17, 15) is 14.4 Å². The van der Waals surface area contributed by atoms with Crippen LogP contribution in [-0.4, -0.2) is 17.8 Å². The highest BCUT2D eigenvalue weighted by Crippen LogP contribution is 2.30. The first-order valence-corrected chi connectivity index (χ1v) is 12.5. The Balaban J connectivity index is 1.63. The molecule has 4 aromatic carbocycles. The third kappa shape index (κ3) is 4.48. The van der Waals surface area contributed by atoms with Gasteiger partial charge in [0.2, 0.25) is 0 Å². The zero-order valence-electron chi connectivity index (χ0n) is 19.6. The summed E-state index contributed by atoms with van der Waals surface area (Å²) in [7, 11) is 0. The molecule has 0 aromatic heterocycles.